The monoisotopic (exact) mass is 285 g/mol. The van der Waals surface area contributed by atoms with E-state index in [9.17, 15) is 0 Å². The molecule has 21 heavy (non-hydrogen) atoms. The van der Waals surface area contributed by atoms with Crippen LogP contribution in [-0.2, 0) is 6.42 Å². The van der Waals surface area contributed by atoms with Gasteiger partial charge in [0, 0.05) is 25.0 Å². The second-order valence-corrected chi connectivity index (χ2v) is 5.15. The molecule has 4 heteroatoms. The van der Waals surface area contributed by atoms with Gasteiger partial charge in [0.15, 0.2) is 0 Å². The molecule has 2 rings (SSSR count). The normalized spacial score (nSPS) is 12.0. The maximum absolute atomic E-state index is 5.97. The van der Waals surface area contributed by atoms with Crippen LogP contribution in [-0.4, -0.2) is 25.2 Å². The highest BCUT2D eigenvalue weighted by Gasteiger charge is 2.07. The number of nitrogens with zero attached hydrogens (tertiary/aromatic N) is 2. The van der Waals surface area contributed by atoms with Crippen LogP contribution in [0.1, 0.15) is 18.9 Å². The van der Waals surface area contributed by atoms with E-state index < -0.39 is 0 Å². The Bertz CT molecular complexity index is 551. The fourth-order valence-electron chi connectivity index (χ4n) is 2.12. The molecule has 0 radical (unpaired) electrons. The van der Waals surface area contributed by atoms with Gasteiger partial charge in [0.05, 0.1) is 7.11 Å². The molecule has 1 aromatic carbocycles. The minimum atomic E-state index is 0.206. The predicted molar refractivity (Wildman–Crippen MR) is 87.3 cm³/mol. The smallest absolute Gasteiger partial charge is 0.132 e. The Hall–Kier alpha value is -2.07. The minimum absolute atomic E-state index is 0.206. The molecular weight excluding hydrogens is 262 g/mol. The number of hydrogen-bond acceptors (Lipinski definition) is 4. The summed E-state index contributed by atoms with van der Waals surface area (Å²) in [6.45, 7) is 2.10. The zero-order valence-corrected chi connectivity index (χ0v) is 12.9. The molecule has 1 aromatic heterocycles. The average Bonchev–Trinajstić information content (AvgIpc) is 2.55. The summed E-state index contributed by atoms with van der Waals surface area (Å²) in [5.41, 5.74) is 8.22. The van der Waals surface area contributed by atoms with Gasteiger partial charge in [0.2, 0.25) is 0 Å². The van der Waals surface area contributed by atoms with Crippen molar-refractivity contribution in [3.05, 3.63) is 48.2 Å². The fraction of sp³-hybridized carbons (Fsp3) is 0.353. The van der Waals surface area contributed by atoms with E-state index in [1.807, 2.05) is 48.5 Å². The van der Waals surface area contributed by atoms with Gasteiger partial charge in [-0.3, -0.25) is 0 Å². The van der Waals surface area contributed by atoms with Crippen molar-refractivity contribution in [2.24, 2.45) is 5.73 Å². The second kappa shape index (κ2) is 7.09. The summed E-state index contributed by atoms with van der Waals surface area (Å²) < 4.78 is 5.17. The molecule has 2 N–H and O–H groups in total. The van der Waals surface area contributed by atoms with Crippen LogP contribution in [0.5, 0.6) is 5.75 Å². The molecule has 0 amide bonds. The van der Waals surface area contributed by atoms with Crippen LogP contribution in [0.15, 0.2) is 42.6 Å². The third-order valence-electron chi connectivity index (χ3n) is 3.63. The Morgan fingerprint density at radius 3 is 2.43 bits per heavy atom. The van der Waals surface area contributed by atoms with Crippen LogP contribution >= 0.6 is 0 Å². The molecule has 0 fully saturated rings. The first-order valence-corrected chi connectivity index (χ1v) is 7.22. The summed E-state index contributed by atoms with van der Waals surface area (Å²) in [6, 6.07) is 12.3. The molecule has 112 valence electrons. The van der Waals surface area contributed by atoms with Crippen molar-refractivity contribution in [2.75, 3.05) is 19.1 Å². The number of pyridine rings is 1. The zero-order valence-electron chi connectivity index (χ0n) is 12.9. The van der Waals surface area contributed by atoms with Crippen LogP contribution < -0.4 is 15.4 Å². The summed E-state index contributed by atoms with van der Waals surface area (Å²) in [6.07, 6.45) is 3.76. The van der Waals surface area contributed by atoms with E-state index in [2.05, 4.69) is 18.0 Å². The molecule has 0 saturated carbocycles. The van der Waals surface area contributed by atoms with Crippen molar-refractivity contribution in [2.45, 2.75) is 25.8 Å². The van der Waals surface area contributed by atoms with Crippen LogP contribution in [0.25, 0.3) is 0 Å². The Kier molecular flexibility index (Phi) is 5.17. The lowest BCUT2D eigenvalue weighted by molar-refractivity contribution is 0.415. The number of hydrogen-bond donors (Lipinski definition) is 1. The summed E-state index contributed by atoms with van der Waals surface area (Å²) in [5, 5.41) is 0. The molecule has 0 bridgehead atoms. The molecule has 0 aliphatic rings. The first-order chi connectivity index (χ1) is 10.1. The third kappa shape index (κ3) is 3.95. The Labute approximate surface area is 126 Å². The summed E-state index contributed by atoms with van der Waals surface area (Å²) in [7, 11) is 3.67. The molecule has 4 nitrogen and oxygen atoms in total. The maximum atomic E-state index is 5.97. The lowest BCUT2D eigenvalue weighted by Crippen LogP contribution is -2.21. The topological polar surface area (TPSA) is 51.4 Å². The lowest BCUT2D eigenvalue weighted by atomic mass is 10.1. The maximum Gasteiger partial charge on any atom is 0.132 e. The number of ether oxygens (including phenoxy) is 1. The fourth-order valence-corrected chi connectivity index (χ4v) is 2.12. The summed E-state index contributed by atoms with van der Waals surface area (Å²) in [4.78, 5) is 6.57. The first-order valence-electron chi connectivity index (χ1n) is 7.22. The molecule has 2 aromatic rings. The van der Waals surface area contributed by atoms with E-state index in [4.69, 9.17) is 10.5 Å². The minimum Gasteiger partial charge on any atom is -0.497 e. The van der Waals surface area contributed by atoms with Gasteiger partial charge in [-0.2, -0.15) is 0 Å². The highest BCUT2D eigenvalue weighted by atomic mass is 16.5. The highest BCUT2D eigenvalue weighted by molar-refractivity contribution is 5.59. The third-order valence-corrected chi connectivity index (χ3v) is 3.63. The predicted octanol–water partition coefficient (Wildman–Crippen LogP) is 3.14. The Morgan fingerprint density at radius 1 is 1.19 bits per heavy atom. The number of anilines is 2. The van der Waals surface area contributed by atoms with Gasteiger partial charge in [-0.15, -0.1) is 0 Å². The van der Waals surface area contributed by atoms with Gasteiger partial charge < -0.3 is 15.4 Å². The largest absolute Gasteiger partial charge is 0.497 e. The number of rotatable bonds is 6. The highest BCUT2D eigenvalue weighted by Crippen LogP contribution is 2.24. The van der Waals surface area contributed by atoms with Crippen molar-refractivity contribution in [3.8, 4) is 5.75 Å². The van der Waals surface area contributed by atoms with Crippen molar-refractivity contribution in [1.82, 2.24) is 4.98 Å². The van der Waals surface area contributed by atoms with E-state index >= 15 is 0 Å². The van der Waals surface area contributed by atoms with Gasteiger partial charge >= 0.3 is 0 Å². The SMILES string of the molecule is CCC(N)Cc1ccc(N(C)c2ccc(OC)cc2)nc1. The van der Waals surface area contributed by atoms with Crippen LogP contribution in [0.2, 0.25) is 0 Å². The molecule has 1 atom stereocenters. The first kappa shape index (κ1) is 15.3. The molecule has 0 aliphatic carbocycles. The van der Waals surface area contributed by atoms with E-state index in [0.29, 0.717) is 0 Å². The molecule has 1 heterocycles. The van der Waals surface area contributed by atoms with Crippen LogP contribution in [0.4, 0.5) is 11.5 Å². The molecular formula is C17H23N3O. The molecule has 0 saturated heterocycles. The van der Waals surface area contributed by atoms with Crippen molar-refractivity contribution in [1.29, 1.82) is 0 Å². The van der Waals surface area contributed by atoms with Crippen molar-refractivity contribution in [3.63, 3.8) is 0 Å². The van der Waals surface area contributed by atoms with E-state index in [0.717, 1.165) is 30.1 Å². The van der Waals surface area contributed by atoms with Gasteiger partial charge in [0.25, 0.3) is 0 Å². The van der Waals surface area contributed by atoms with E-state index in [1.54, 1.807) is 7.11 Å². The molecule has 0 spiro atoms. The van der Waals surface area contributed by atoms with Gasteiger partial charge in [-0.05, 0) is 48.7 Å². The lowest BCUT2D eigenvalue weighted by Gasteiger charge is -2.19. The van der Waals surface area contributed by atoms with Crippen LogP contribution in [0, 0.1) is 0 Å². The van der Waals surface area contributed by atoms with Crippen LogP contribution in [0.3, 0.4) is 0 Å². The van der Waals surface area contributed by atoms with Crippen molar-refractivity contribution >= 4 is 11.5 Å². The second-order valence-electron chi connectivity index (χ2n) is 5.15. The summed E-state index contributed by atoms with van der Waals surface area (Å²) in [5.74, 6) is 1.76. The number of methoxy groups -OCH3 is 1. The Balaban J connectivity index is 2.09. The van der Waals surface area contributed by atoms with E-state index in [-0.39, 0.29) is 6.04 Å². The van der Waals surface area contributed by atoms with Gasteiger partial charge in [-0.1, -0.05) is 13.0 Å². The number of aromatic nitrogens is 1. The van der Waals surface area contributed by atoms with Crippen molar-refractivity contribution < 1.29 is 4.74 Å². The molecule has 0 aliphatic heterocycles. The Morgan fingerprint density at radius 2 is 1.90 bits per heavy atom. The molecule has 1 unspecified atom stereocenters. The van der Waals surface area contributed by atoms with Gasteiger partial charge in [-0.25, -0.2) is 4.98 Å². The average molecular weight is 285 g/mol. The number of benzene rings is 1. The van der Waals surface area contributed by atoms with E-state index in [1.165, 1.54) is 5.56 Å². The van der Waals surface area contributed by atoms with Gasteiger partial charge in [0.1, 0.15) is 11.6 Å². The quantitative estimate of drug-likeness (QED) is 0.886. The standard InChI is InChI=1S/C17H23N3O/c1-4-14(18)11-13-5-10-17(19-12-13)20(2)15-6-8-16(21-3)9-7-15/h5-10,12,14H,4,11,18H2,1-3H3. The zero-order chi connectivity index (χ0) is 15.2. The summed E-state index contributed by atoms with van der Waals surface area (Å²) >= 11 is 0. The number of nitrogens with two attached hydrogens (primary N) is 1.